The van der Waals surface area contributed by atoms with E-state index >= 15 is 0 Å². The summed E-state index contributed by atoms with van der Waals surface area (Å²) in [5.74, 6) is -2.16. The smallest absolute Gasteiger partial charge is 0.326 e. The van der Waals surface area contributed by atoms with Gasteiger partial charge in [0.25, 0.3) is 17.5 Å². The number of nitrogens with zero attached hydrogens (tertiary/aromatic N) is 1. The number of rotatable bonds is 10. The first-order valence-electron chi connectivity index (χ1n) is 10.8. The predicted octanol–water partition coefficient (Wildman–Crippen LogP) is 3.19. The van der Waals surface area contributed by atoms with E-state index in [9.17, 15) is 29.6 Å². The number of aliphatic carboxylic acids is 1. The van der Waals surface area contributed by atoms with E-state index in [1.54, 1.807) is 42.5 Å². The normalized spacial score (nSPS) is 11.8. The van der Waals surface area contributed by atoms with Gasteiger partial charge < -0.3 is 20.5 Å². The third-order valence-corrected chi connectivity index (χ3v) is 5.15. The van der Waals surface area contributed by atoms with Crippen LogP contribution in [-0.4, -0.2) is 41.0 Å². The molecule has 3 N–H and O–H groups in total. The van der Waals surface area contributed by atoms with Crippen LogP contribution in [0.25, 0.3) is 6.08 Å². The molecule has 0 saturated heterocycles. The van der Waals surface area contributed by atoms with Crippen LogP contribution >= 0.6 is 0 Å². The molecule has 184 valence electrons. The van der Waals surface area contributed by atoms with E-state index in [4.69, 9.17) is 4.74 Å². The zero-order valence-electron chi connectivity index (χ0n) is 19.2. The summed E-state index contributed by atoms with van der Waals surface area (Å²) in [6, 6.07) is 19.0. The molecule has 0 radical (unpaired) electrons. The van der Waals surface area contributed by atoms with Crippen LogP contribution in [0.5, 0.6) is 5.75 Å². The second-order valence-corrected chi connectivity index (χ2v) is 7.64. The van der Waals surface area contributed by atoms with Crippen molar-refractivity contribution < 1.29 is 29.2 Å². The molecule has 1 unspecified atom stereocenters. The molecule has 3 aromatic carbocycles. The number of amides is 2. The number of hydrogen-bond donors (Lipinski definition) is 3. The van der Waals surface area contributed by atoms with E-state index in [1.165, 1.54) is 49.6 Å². The Labute approximate surface area is 206 Å². The van der Waals surface area contributed by atoms with Crippen molar-refractivity contribution in [1.29, 1.82) is 0 Å². The lowest BCUT2D eigenvalue weighted by atomic mass is 10.1. The monoisotopic (exact) mass is 489 g/mol. The number of benzene rings is 3. The third-order valence-electron chi connectivity index (χ3n) is 5.15. The molecule has 1 atom stereocenters. The number of hydrogen-bond acceptors (Lipinski definition) is 6. The van der Waals surface area contributed by atoms with Crippen LogP contribution in [0, 0.1) is 10.1 Å². The SMILES string of the molecule is COc1ccc(C(=O)NC(=Cc2ccc([N+](=O)[O-])cc2)C(=O)NC(Cc2ccccc2)C(=O)O)cc1. The Hall–Kier alpha value is -4.99. The fourth-order valence-electron chi connectivity index (χ4n) is 3.24. The van der Waals surface area contributed by atoms with E-state index in [-0.39, 0.29) is 23.4 Å². The summed E-state index contributed by atoms with van der Waals surface area (Å²) < 4.78 is 5.08. The van der Waals surface area contributed by atoms with Gasteiger partial charge in [-0.3, -0.25) is 19.7 Å². The maximum Gasteiger partial charge on any atom is 0.326 e. The molecule has 3 rings (SSSR count). The predicted molar refractivity (Wildman–Crippen MR) is 131 cm³/mol. The van der Waals surface area contributed by atoms with Gasteiger partial charge in [0, 0.05) is 24.1 Å². The Morgan fingerprint density at radius 2 is 1.64 bits per heavy atom. The van der Waals surface area contributed by atoms with E-state index in [0.717, 1.165) is 0 Å². The van der Waals surface area contributed by atoms with Crippen molar-refractivity contribution in [2.24, 2.45) is 0 Å². The lowest BCUT2D eigenvalue weighted by Crippen LogP contribution is -2.45. The van der Waals surface area contributed by atoms with Crippen LogP contribution in [0.3, 0.4) is 0 Å². The first kappa shape index (κ1) is 25.6. The molecule has 0 fully saturated rings. The van der Waals surface area contributed by atoms with Crippen LogP contribution in [-0.2, 0) is 16.0 Å². The number of carboxylic acids is 1. The minimum absolute atomic E-state index is 0.0269. The Morgan fingerprint density at radius 3 is 2.19 bits per heavy atom. The van der Waals surface area contributed by atoms with Gasteiger partial charge in [-0.15, -0.1) is 0 Å². The van der Waals surface area contributed by atoms with E-state index in [1.807, 2.05) is 0 Å². The van der Waals surface area contributed by atoms with Crippen molar-refractivity contribution >= 4 is 29.5 Å². The van der Waals surface area contributed by atoms with Crippen molar-refractivity contribution in [3.8, 4) is 5.75 Å². The first-order chi connectivity index (χ1) is 17.3. The highest BCUT2D eigenvalue weighted by molar-refractivity contribution is 6.06. The van der Waals surface area contributed by atoms with Gasteiger partial charge in [0.1, 0.15) is 17.5 Å². The number of nitro groups is 1. The quantitative estimate of drug-likeness (QED) is 0.225. The summed E-state index contributed by atoms with van der Waals surface area (Å²) in [4.78, 5) is 48.1. The van der Waals surface area contributed by atoms with Crippen molar-refractivity contribution in [2.75, 3.05) is 7.11 Å². The molecular formula is C26H23N3O7. The Bertz CT molecular complexity index is 1270. The summed E-state index contributed by atoms with van der Waals surface area (Å²) >= 11 is 0. The number of carbonyl (C=O) groups excluding carboxylic acids is 2. The largest absolute Gasteiger partial charge is 0.497 e. The van der Waals surface area contributed by atoms with Gasteiger partial charge in [0.15, 0.2) is 0 Å². The topological polar surface area (TPSA) is 148 Å². The van der Waals surface area contributed by atoms with Gasteiger partial charge in [0.2, 0.25) is 0 Å². The van der Waals surface area contributed by atoms with Gasteiger partial charge in [-0.05, 0) is 53.6 Å². The Morgan fingerprint density at radius 1 is 1.00 bits per heavy atom. The highest BCUT2D eigenvalue weighted by Gasteiger charge is 2.23. The van der Waals surface area contributed by atoms with Gasteiger partial charge in [-0.25, -0.2) is 4.79 Å². The number of ether oxygens (including phenoxy) is 1. The molecule has 0 spiro atoms. The molecule has 10 heteroatoms. The molecule has 2 amide bonds. The summed E-state index contributed by atoms with van der Waals surface area (Å²) in [5, 5.41) is 25.5. The second-order valence-electron chi connectivity index (χ2n) is 7.64. The number of nitrogens with one attached hydrogen (secondary N) is 2. The molecule has 0 bridgehead atoms. The van der Waals surface area contributed by atoms with E-state index in [2.05, 4.69) is 10.6 Å². The van der Waals surface area contributed by atoms with Gasteiger partial charge in [-0.1, -0.05) is 30.3 Å². The number of carboxylic acid groups (broad SMARTS) is 1. The molecule has 0 heterocycles. The van der Waals surface area contributed by atoms with Crippen LogP contribution in [0.2, 0.25) is 0 Å². The molecular weight excluding hydrogens is 466 g/mol. The Balaban J connectivity index is 1.88. The summed E-state index contributed by atoms with van der Waals surface area (Å²) in [7, 11) is 1.48. The second kappa shape index (κ2) is 11.9. The maximum absolute atomic E-state index is 13.1. The molecule has 10 nitrogen and oxygen atoms in total. The molecule has 3 aromatic rings. The number of non-ortho nitro benzene ring substituents is 1. The number of methoxy groups -OCH3 is 1. The molecule has 0 aliphatic carbocycles. The summed E-state index contributed by atoms with van der Waals surface area (Å²) in [6.45, 7) is 0. The standard InChI is InChI=1S/C26H23N3O7/c1-36-21-13-9-19(10-14-21)24(30)27-22(15-18-7-11-20(12-8-18)29(34)35)25(31)28-23(26(32)33)16-17-5-3-2-4-6-17/h2-15,23H,16H2,1H3,(H,27,30)(H,28,31)(H,32,33). The highest BCUT2D eigenvalue weighted by Crippen LogP contribution is 2.16. The van der Waals surface area contributed by atoms with Gasteiger partial charge in [-0.2, -0.15) is 0 Å². The van der Waals surface area contributed by atoms with Crippen molar-refractivity contribution in [1.82, 2.24) is 10.6 Å². The van der Waals surface area contributed by atoms with Crippen molar-refractivity contribution in [3.05, 3.63) is 111 Å². The number of carbonyl (C=O) groups is 3. The van der Waals surface area contributed by atoms with Gasteiger partial charge >= 0.3 is 5.97 Å². The van der Waals surface area contributed by atoms with Crippen LogP contribution in [0.4, 0.5) is 5.69 Å². The maximum atomic E-state index is 13.1. The van der Waals surface area contributed by atoms with E-state index in [0.29, 0.717) is 16.9 Å². The zero-order chi connectivity index (χ0) is 26.1. The fourth-order valence-corrected chi connectivity index (χ4v) is 3.24. The number of nitro benzene ring substituents is 1. The zero-order valence-corrected chi connectivity index (χ0v) is 19.2. The molecule has 0 saturated carbocycles. The molecule has 0 aromatic heterocycles. The molecule has 0 aliphatic rings. The van der Waals surface area contributed by atoms with Crippen LogP contribution < -0.4 is 15.4 Å². The van der Waals surface area contributed by atoms with Crippen LogP contribution in [0.1, 0.15) is 21.5 Å². The van der Waals surface area contributed by atoms with Crippen molar-refractivity contribution in [2.45, 2.75) is 12.5 Å². The van der Waals surface area contributed by atoms with Crippen LogP contribution in [0.15, 0.2) is 84.6 Å². The lowest BCUT2D eigenvalue weighted by Gasteiger charge is -2.17. The first-order valence-corrected chi connectivity index (χ1v) is 10.8. The molecule has 0 aliphatic heterocycles. The minimum Gasteiger partial charge on any atom is -0.497 e. The highest BCUT2D eigenvalue weighted by atomic mass is 16.6. The van der Waals surface area contributed by atoms with E-state index < -0.39 is 28.7 Å². The third kappa shape index (κ3) is 7.00. The van der Waals surface area contributed by atoms with Crippen molar-refractivity contribution in [3.63, 3.8) is 0 Å². The summed E-state index contributed by atoms with van der Waals surface area (Å²) in [6.07, 6.45) is 1.33. The average Bonchev–Trinajstić information content (AvgIpc) is 2.88. The molecule has 36 heavy (non-hydrogen) atoms. The van der Waals surface area contributed by atoms with Gasteiger partial charge in [0.05, 0.1) is 12.0 Å². The summed E-state index contributed by atoms with van der Waals surface area (Å²) in [5.41, 5.74) is 0.944. The Kier molecular flexibility index (Phi) is 8.49. The average molecular weight is 489 g/mol. The lowest BCUT2D eigenvalue weighted by molar-refractivity contribution is -0.384. The fraction of sp³-hybridized carbons (Fsp3) is 0.115. The minimum atomic E-state index is -1.27.